The molecule has 0 aliphatic carbocycles. The first-order chi connectivity index (χ1) is 9.81. The monoisotopic (exact) mass is 298 g/mol. The third kappa shape index (κ3) is 3.39. The second-order valence-corrected chi connectivity index (χ2v) is 4.38. The van der Waals surface area contributed by atoms with E-state index in [9.17, 15) is 22.4 Å². The first-order valence-corrected chi connectivity index (χ1v) is 5.91. The standard InChI is InChI=1S/C15H10F4O2/c1-9-6-11(16)3-5-13(9)21-14-4-2-10(8-20)7-12(14)15(17,18)19/h2-8H,1H3. The summed E-state index contributed by atoms with van der Waals surface area (Å²) in [6, 6.07) is 6.49. The van der Waals surface area contributed by atoms with Crippen LogP contribution in [0.3, 0.4) is 0 Å². The molecule has 0 aliphatic heterocycles. The number of carbonyl (C=O) groups excluding carboxylic acids is 1. The molecule has 0 saturated heterocycles. The molecule has 0 aromatic heterocycles. The molecule has 0 unspecified atom stereocenters. The van der Waals surface area contributed by atoms with E-state index in [-0.39, 0.29) is 11.3 Å². The summed E-state index contributed by atoms with van der Waals surface area (Å²) in [5, 5.41) is 0. The number of carbonyl (C=O) groups is 1. The Morgan fingerprint density at radius 2 is 1.71 bits per heavy atom. The molecule has 2 rings (SSSR count). The van der Waals surface area contributed by atoms with E-state index in [0.29, 0.717) is 17.9 Å². The summed E-state index contributed by atoms with van der Waals surface area (Å²) in [5.41, 5.74) is -0.802. The smallest absolute Gasteiger partial charge is 0.420 e. The van der Waals surface area contributed by atoms with Gasteiger partial charge >= 0.3 is 6.18 Å². The van der Waals surface area contributed by atoms with Crippen molar-refractivity contribution in [1.82, 2.24) is 0 Å². The summed E-state index contributed by atoms with van der Waals surface area (Å²) in [6.07, 6.45) is -4.34. The number of rotatable bonds is 3. The molecule has 0 spiro atoms. The van der Waals surface area contributed by atoms with Gasteiger partial charge in [0.15, 0.2) is 0 Å². The fourth-order valence-electron chi connectivity index (χ4n) is 1.78. The lowest BCUT2D eigenvalue weighted by Gasteiger charge is -2.15. The van der Waals surface area contributed by atoms with Gasteiger partial charge in [-0.05, 0) is 48.9 Å². The predicted octanol–water partition coefficient (Wildman–Crippen LogP) is 4.76. The maximum absolute atomic E-state index is 13.0. The summed E-state index contributed by atoms with van der Waals surface area (Å²) in [4.78, 5) is 10.6. The van der Waals surface area contributed by atoms with Crippen LogP contribution < -0.4 is 4.74 Å². The highest BCUT2D eigenvalue weighted by Gasteiger charge is 2.35. The van der Waals surface area contributed by atoms with Crippen LogP contribution in [0.25, 0.3) is 0 Å². The van der Waals surface area contributed by atoms with Gasteiger partial charge in [0.05, 0.1) is 5.56 Å². The van der Waals surface area contributed by atoms with Gasteiger partial charge in [-0.15, -0.1) is 0 Å². The molecule has 21 heavy (non-hydrogen) atoms. The van der Waals surface area contributed by atoms with Gasteiger partial charge in [-0.25, -0.2) is 4.39 Å². The van der Waals surface area contributed by atoms with Gasteiger partial charge in [-0.1, -0.05) is 0 Å². The van der Waals surface area contributed by atoms with Gasteiger partial charge in [0.1, 0.15) is 23.6 Å². The van der Waals surface area contributed by atoms with Crippen molar-refractivity contribution in [3.63, 3.8) is 0 Å². The van der Waals surface area contributed by atoms with Gasteiger partial charge in [0.25, 0.3) is 0 Å². The van der Waals surface area contributed by atoms with Gasteiger partial charge < -0.3 is 4.74 Å². The second-order valence-electron chi connectivity index (χ2n) is 4.38. The zero-order chi connectivity index (χ0) is 15.6. The van der Waals surface area contributed by atoms with E-state index in [2.05, 4.69) is 0 Å². The van der Waals surface area contributed by atoms with Crippen LogP contribution in [-0.2, 0) is 6.18 Å². The Hall–Kier alpha value is -2.37. The van der Waals surface area contributed by atoms with Crippen molar-refractivity contribution in [3.05, 3.63) is 58.9 Å². The molecule has 2 nitrogen and oxygen atoms in total. The lowest BCUT2D eigenvalue weighted by Crippen LogP contribution is -2.08. The molecule has 0 atom stereocenters. The van der Waals surface area contributed by atoms with E-state index in [1.54, 1.807) is 0 Å². The van der Waals surface area contributed by atoms with Crippen molar-refractivity contribution >= 4 is 6.29 Å². The quantitative estimate of drug-likeness (QED) is 0.603. The molecule has 2 aromatic carbocycles. The number of benzene rings is 2. The van der Waals surface area contributed by atoms with Crippen LogP contribution in [0.4, 0.5) is 17.6 Å². The molecule has 0 N–H and O–H groups in total. The molecule has 0 heterocycles. The van der Waals surface area contributed by atoms with Crippen molar-refractivity contribution in [1.29, 1.82) is 0 Å². The van der Waals surface area contributed by atoms with E-state index in [1.807, 2.05) is 0 Å². The third-order valence-corrected chi connectivity index (χ3v) is 2.80. The Bertz CT molecular complexity index is 678. The lowest BCUT2D eigenvalue weighted by atomic mass is 10.1. The van der Waals surface area contributed by atoms with E-state index >= 15 is 0 Å². The van der Waals surface area contributed by atoms with Crippen LogP contribution in [0, 0.1) is 12.7 Å². The van der Waals surface area contributed by atoms with Crippen molar-refractivity contribution < 1.29 is 27.1 Å². The molecule has 0 saturated carbocycles. The highest BCUT2D eigenvalue weighted by atomic mass is 19.4. The summed E-state index contributed by atoms with van der Waals surface area (Å²) in [6.45, 7) is 1.52. The summed E-state index contributed by atoms with van der Waals surface area (Å²) >= 11 is 0. The number of hydrogen-bond donors (Lipinski definition) is 0. The number of ether oxygens (including phenoxy) is 1. The SMILES string of the molecule is Cc1cc(F)ccc1Oc1ccc(C=O)cc1C(F)(F)F. The normalized spacial score (nSPS) is 11.3. The molecule has 6 heteroatoms. The molecule has 0 radical (unpaired) electrons. The van der Waals surface area contributed by atoms with Gasteiger partial charge in [0, 0.05) is 5.56 Å². The topological polar surface area (TPSA) is 26.3 Å². The van der Waals surface area contributed by atoms with Crippen molar-refractivity contribution in [2.24, 2.45) is 0 Å². The summed E-state index contributed by atoms with van der Waals surface area (Å²) in [7, 11) is 0. The van der Waals surface area contributed by atoms with Crippen LogP contribution in [0.15, 0.2) is 36.4 Å². The summed E-state index contributed by atoms with van der Waals surface area (Å²) < 4.78 is 57.1. The van der Waals surface area contributed by atoms with Crippen LogP contribution in [-0.4, -0.2) is 6.29 Å². The van der Waals surface area contributed by atoms with E-state index < -0.39 is 23.3 Å². The first-order valence-electron chi connectivity index (χ1n) is 5.91. The molecular weight excluding hydrogens is 288 g/mol. The zero-order valence-electron chi connectivity index (χ0n) is 10.9. The fraction of sp³-hybridized carbons (Fsp3) is 0.133. The largest absolute Gasteiger partial charge is 0.456 e. The predicted molar refractivity (Wildman–Crippen MR) is 68.0 cm³/mol. The minimum Gasteiger partial charge on any atom is -0.456 e. The number of hydrogen-bond acceptors (Lipinski definition) is 2. The second kappa shape index (κ2) is 5.55. The number of aryl methyl sites for hydroxylation is 1. The Morgan fingerprint density at radius 1 is 1.05 bits per heavy atom. The molecular formula is C15H10F4O2. The maximum atomic E-state index is 13.0. The molecule has 110 valence electrons. The Morgan fingerprint density at radius 3 is 2.29 bits per heavy atom. The average Bonchev–Trinajstić information content (AvgIpc) is 2.41. The van der Waals surface area contributed by atoms with E-state index in [1.165, 1.54) is 19.1 Å². The van der Waals surface area contributed by atoms with Gasteiger partial charge in [-0.3, -0.25) is 4.79 Å². The highest BCUT2D eigenvalue weighted by molar-refractivity contribution is 5.75. The highest BCUT2D eigenvalue weighted by Crippen LogP contribution is 2.39. The van der Waals surface area contributed by atoms with Crippen molar-refractivity contribution in [3.8, 4) is 11.5 Å². The van der Waals surface area contributed by atoms with Crippen LogP contribution in [0.1, 0.15) is 21.5 Å². The first kappa shape index (κ1) is 15.0. The fourth-order valence-corrected chi connectivity index (χ4v) is 1.78. The summed E-state index contributed by atoms with van der Waals surface area (Å²) in [5.74, 6) is -0.837. The molecule has 0 bridgehead atoms. The van der Waals surface area contributed by atoms with Crippen molar-refractivity contribution in [2.45, 2.75) is 13.1 Å². The minimum atomic E-state index is -4.66. The van der Waals surface area contributed by atoms with Crippen LogP contribution in [0.5, 0.6) is 11.5 Å². The van der Waals surface area contributed by atoms with E-state index in [0.717, 1.165) is 18.2 Å². The Labute approximate surface area is 118 Å². The molecule has 0 fully saturated rings. The van der Waals surface area contributed by atoms with Crippen LogP contribution >= 0.6 is 0 Å². The van der Waals surface area contributed by atoms with Gasteiger partial charge in [-0.2, -0.15) is 13.2 Å². The third-order valence-electron chi connectivity index (χ3n) is 2.80. The number of alkyl halides is 3. The van der Waals surface area contributed by atoms with Gasteiger partial charge in [0.2, 0.25) is 0 Å². The molecule has 0 amide bonds. The van der Waals surface area contributed by atoms with E-state index in [4.69, 9.17) is 4.74 Å². The Balaban J connectivity index is 2.46. The lowest BCUT2D eigenvalue weighted by molar-refractivity contribution is -0.138. The number of halogens is 4. The Kier molecular flexibility index (Phi) is 3.97. The molecule has 0 aliphatic rings. The minimum absolute atomic E-state index is 0.106. The van der Waals surface area contributed by atoms with Crippen LogP contribution in [0.2, 0.25) is 0 Å². The van der Waals surface area contributed by atoms with Crippen molar-refractivity contribution in [2.75, 3.05) is 0 Å². The zero-order valence-corrected chi connectivity index (χ0v) is 10.9. The maximum Gasteiger partial charge on any atom is 0.420 e. The average molecular weight is 298 g/mol. The number of aldehydes is 1. The molecule has 2 aromatic rings.